The molecule has 0 unspecified atom stereocenters. The predicted octanol–water partition coefficient (Wildman–Crippen LogP) is 3.66. The average Bonchev–Trinajstić information content (AvgIpc) is 2.85. The second-order valence-electron chi connectivity index (χ2n) is 10.2. The van der Waals surface area contributed by atoms with Crippen molar-refractivity contribution in [1.82, 2.24) is 9.80 Å². The van der Waals surface area contributed by atoms with E-state index in [0.717, 1.165) is 19.0 Å². The molecule has 2 aliphatic rings. The largest absolute Gasteiger partial charge is 0.491 e. The van der Waals surface area contributed by atoms with Crippen LogP contribution >= 0.6 is 0 Å². The van der Waals surface area contributed by atoms with Gasteiger partial charge in [0, 0.05) is 52.6 Å². The first kappa shape index (κ1) is 27.4. The molecule has 35 heavy (non-hydrogen) atoms. The summed E-state index contributed by atoms with van der Waals surface area (Å²) in [5.74, 6) is 1.06. The zero-order chi connectivity index (χ0) is 25.4. The number of nitrogens with zero attached hydrogens (tertiary/aromatic N) is 2. The number of ether oxygens (including phenoxy) is 3. The minimum absolute atomic E-state index is 0.0524. The van der Waals surface area contributed by atoms with Crippen molar-refractivity contribution in [1.29, 1.82) is 0 Å². The van der Waals surface area contributed by atoms with Crippen LogP contribution in [0.25, 0.3) is 0 Å². The van der Waals surface area contributed by atoms with Gasteiger partial charge in [-0.15, -0.1) is 0 Å². The number of hydrogen-bond donors (Lipinski definition) is 1. The first-order valence-electron chi connectivity index (χ1n) is 12.9. The first-order chi connectivity index (χ1) is 16.8. The highest BCUT2D eigenvalue weighted by Crippen LogP contribution is 2.28. The molecule has 1 heterocycles. The fourth-order valence-corrected chi connectivity index (χ4v) is 5.21. The van der Waals surface area contributed by atoms with Crippen LogP contribution in [-0.4, -0.2) is 87.9 Å². The van der Waals surface area contributed by atoms with Crippen LogP contribution in [0.4, 0.5) is 5.69 Å². The van der Waals surface area contributed by atoms with Crippen molar-refractivity contribution in [2.45, 2.75) is 58.1 Å². The molecule has 1 aromatic rings. The van der Waals surface area contributed by atoms with Crippen molar-refractivity contribution in [2.24, 2.45) is 11.8 Å². The molecule has 1 N–H and O–H groups in total. The number of carbonyl (C=O) groups is 2. The molecular weight excluding hydrogens is 446 g/mol. The molecule has 1 aliphatic heterocycles. The summed E-state index contributed by atoms with van der Waals surface area (Å²) < 4.78 is 17.0. The molecule has 8 nitrogen and oxygen atoms in total. The molecule has 0 radical (unpaired) electrons. The molecule has 1 aliphatic carbocycles. The van der Waals surface area contributed by atoms with E-state index in [0.29, 0.717) is 30.2 Å². The lowest BCUT2D eigenvalue weighted by atomic mass is 9.88. The van der Waals surface area contributed by atoms with E-state index < -0.39 is 0 Å². The van der Waals surface area contributed by atoms with Gasteiger partial charge in [0.1, 0.15) is 19.0 Å². The standard InChI is InChI=1S/C27H43N3O5/c1-19-14-30(15-21-9-7-6-8-10-21)20(2)17-35-24-12-11-22(28-26(31)18-33-4)13-23(24)27(32)29(3)16-25(19)34-5/h11-13,19-21,25H,6-10,14-18H2,1-5H3,(H,28,31)/t19-,20+,25-/m1/s1. The van der Waals surface area contributed by atoms with Crippen molar-refractivity contribution in [3.05, 3.63) is 23.8 Å². The third-order valence-corrected chi connectivity index (χ3v) is 7.35. The van der Waals surface area contributed by atoms with Crippen molar-refractivity contribution < 1.29 is 23.8 Å². The Bertz CT molecular complexity index is 842. The Kier molecular flexibility index (Phi) is 10.4. The van der Waals surface area contributed by atoms with Gasteiger partial charge in [0.15, 0.2) is 0 Å². The highest BCUT2D eigenvalue weighted by Gasteiger charge is 2.29. The van der Waals surface area contributed by atoms with Gasteiger partial charge in [0.2, 0.25) is 5.91 Å². The van der Waals surface area contributed by atoms with Crippen LogP contribution in [-0.2, 0) is 14.3 Å². The van der Waals surface area contributed by atoms with Crippen molar-refractivity contribution in [3.63, 3.8) is 0 Å². The second-order valence-corrected chi connectivity index (χ2v) is 10.2. The molecule has 2 amide bonds. The normalized spacial score (nSPS) is 25.2. The summed E-state index contributed by atoms with van der Waals surface area (Å²) in [7, 11) is 4.98. The summed E-state index contributed by atoms with van der Waals surface area (Å²) >= 11 is 0. The SMILES string of the molecule is COCC(=O)Nc1ccc2c(c1)C(=O)N(C)C[C@@H](OC)[C@H](C)CN(CC1CCCCC1)[C@@H](C)CO2. The Balaban J connectivity index is 1.87. The smallest absolute Gasteiger partial charge is 0.257 e. The summed E-state index contributed by atoms with van der Waals surface area (Å²) in [5, 5.41) is 2.78. The van der Waals surface area contributed by atoms with Crippen LogP contribution in [0.3, 0.4) is 0 Å². The van der Waals surface area contributed by atoms with Crippen LogP contribution < -0.4 is 10.1 Å². The number of fused-ring (bicyclic) bond motifs is 1. The minimum atomic E-state index is -0.275. The zero-order valence-electron chi connectivity index (χ0n) is 22.0. The van der Waals surface area contributed by atoms with Crippen molar-refractivity contribution in [2.75, 3.05) is 59.4 Å². The van der Waals surface area contributed by atoms with Gasteiger partial charge in [-0.3, -0.25) is 14.5 Å². The van der Waals surface area contributed by atoms with Crippen molar-refractivity contribution in [3.8, 4) is 5.75 Å². The summed E-state index contributed by atoms with van der Waals surface area (Å²) in [6.45, 7) is 7.28. The number of anilines is 1. The maximum atomic E-state index is 13.4. The van der Waals surface area contributed by atoms with Gasteiger partial charge in [-0.1, -0.05) is 26.2 Å². The van der Waals surface area contributed by atoms with E-state index in [1.807, 2.05) is 0 Å². The summed E-state index contributed by atoms with van der Waals surface area (Å²) in [6.07, 6.45) is 6.50. The number of likely N-dealkylation sites (N-methyl/N-ethyl adjacent to an activating group) is 1. The predicted molar refractivity (Wildman–Crippen MR) is 137 cm³/mol. The number of rotatable bonds is 6. The highest BCUT2D eigenvalue weighted by atomic mass is 16.5. The maximum Gasteiger partial charge on any atom is 0.257 e. The van der Waals surface area contributed by atoms with E-state index in [-0.39, 0.29) is 36.5 Å². The third-order valence-electron chi connectivity index (χ3n) is 7.35. The van der Waals surface area contributed by atoms with Crippen LogP contribution in [0.15, 0.2) is 18.2 Å². The topological polar surface area (TPSA) is 80.3 Å². The van der Waals surface area contributed by atoms with E-state index in [2.05, 4.69) is 24.1 Å². The van der Waals surface area contributed by atoms with Gasteiger partial charge < -0.3 is 24.4 Å². The van der Waals surface area contributed by atoms with Gasteiger partial charge in [0.05, 0.1) is 11.7 Å². The molecule has 3 rings (SSSR count). The molecule has 1 fully saturated rings. The van der Waals surface area contributed by atoms with Crippen LogP contribution in [0.2, 0.25) is 0 Å². The molecule has 8 heteroatoms. The average molecular weight is 490 g/mol. The van der Waals surface area contributed by atoms with E-state index in [1.165, 1.54) is 39.2 Å². The molecule has 0 saturated heterocycles. The van der Waals surface area contributed by atoms with Crippen LogP contribution in [0, 0.1) is 11.8 Å². The first-order valence-corrected chi connectivity index (χ1v) is 12.9. The quantitative estimate of drug-likeness (QED) is 0.657. The van der Waals surface area contributed by atoms with Gasteiger partial charge in [-0.2, -0.15) is 0 Å². The van der Waals surface area contributed by atoms with Crippen molar-refractivity contribution >= 4 is 17.5 Å². The Morgan fingerprint density at radius 1 is 1.14 bits per heavy atom. The maximum absolute atomic E-state index is 13.4. The third kappa shape index (κ3) is 7.66. The zero-order valence-corrected chi connectivity index (χ0v) is 22.0. The van der Waals surface area contributed by atoms with Gasteiger partial charge >= 0.3 is 0 Å². The molecule has 1 saturated carbocycles. The van der Waals surface area contributed by atoms with E-state index in [9.17, 15) is 9.59 Å². The monoisotopic (exact) mass is 489 g/mol. The van der Waals surface area contributed by atoms with E-state index >= 15 is 0 Å². The number of hydrogen-bond acceptors (Lipinski definition) is 6. The Hall–Kier alpha value is -2.16. The Morgan fingerprint density at radius 3 is 2.57 bits per heavy atom. The van der Waals surface area contributed by atoms with E-state index in [1.54, 1.807) is 37.3 Å². The molecular formula is C27H43N3O5. The number of nitrogens with one attached hydrogen (secondary N) is 1. The molecule has 3 atom stereocenters. The van der Waals surface area contributed by atoms with Crippen LogP contribution in [0.5, 0.6) is 5.75 Å². The molecule has 0 bridgehead atoms. The number of amides is 2. The Labute approximate surface area is 210 Å². The lowest BCUT2D eigenvalue weighted by molar-refractivity contribution is -0.119. The second kappa shape index (κ2) is 13.2. The number of benzene rings is 1. The van der Waals surface area contributed by atoms with Gasteiger partial charge in [-0.25, -0.2) is 0 Å². The minimum Gasteiger partial charge on any atom is -0.491 e. The summed E-state index contributed by atoms with van der Waals surface area (Å²) in [6, 6.07) is 5.40. The van der Waals surface area contributed by atoms with E-state index in [4.69, 9.17) is 14.2 Å². The molecule has 196 valence electrons. The number of methoxy groups -OCH3 is 2. The molecule has 0 aromatic heterocycles. The lowest BCUT2D eigenvalue weighted by Gasteiger charge is -2.38. The number of carbonyl (C=O) groups excluding carboxylic acids is 2. The fraction of sp³-hybridized carbons (Fsp3) is 0.704. The molecule has 1 aromatic carbocycles. The van der Waals surface area contributed by atoms with Crippen LogP contribution in [0.1, 0.15) is 56.3 Å². The summed E-state index contributed by atoms with van der Waals surface area (Å²) in [5.41, 5.74) is 0.962. The highest BCUT2D eigenvalue weighted by molar-refractivity contribution is 5.99. The fourth-order valence-electron chi connectivity index (χ4n) is 5.21. The van der Waals surface area contributed by atoms with Gasteiger partial charge in [0.25, 0.3) is 5.91 Å². The van der Waals surface area contributed by atoms with Gasteiger partial charge in [-0.05, 0) is 49.8 Å². The lowest BCUT2D eigenvalue weighted by Crippen LogP contribution is -2.48. The Morgan fingerprint density at radius 2 is 1.89 bits per heavy atom. The summed E-state index contributed by atoms with van der Waals surface area (Å²) in [4.78, 5) is 29.7. The molecule has 0 spiro atoms.